The summed E-state index contributed by atoms with van der Waals surface area (Å²) in [4.78, 5) is 3.50. The van der Waals surface area contributed by atoms with E-state index in [1.54, 1.807) is 0 Å². The molecule has 0 aliphatic heterocycles. The highest BCUT2D eigenvalue weighted by molar-refractivity contribution is 7.99. The van der Waals surface area contributed by atoms with Gasteiger partial charge in [-0.3, -0.25) is 0 Å². The molecular weight excluding hydrogens is 216 g/mol. The number of nitriles is 1. The first-order valence-electron chi connectivity index (χ1n) is 5.53. The van der Waals surface area contributed by atoms with Gasteiger partial charge in [0.05, 0.1) is 6.07 Å². The van der Waals surface area contributed by atoms with Gasteiger partial charge in [0.15, 0.2) is 0 Å². The lowest BCUT2D eigenvalue weighted by atomic mass is 10.2. The van der Waals surface area contributed by atoms with Crippen LogP contribution in [0.25, 0.3) is 0 Å². The zero-order valence-electron chi connectivity index (χ0n) is 9.94. The van der Waals surface area contributed by atoms with Crippen LogP contribution in [0.15, 0.2) is 29.2 Å². The number of hydrogen-bond acceptors (Lipinski definition) is 3. The molecule has 0 atom stereocenters. The Hall–Kier alpha value is -0.980. The summed E-state index contributed by atoms with van der Waals surface area (Å²) < 4.78 is 0. The Balaban J connectivity index is 2.45. The Morgan fingerprint density at radius 3 is 2.56 bits per heavy atom. The first-order chi connectivity index (χ1) is 7.76. The quantitative estimate of drug-likeness (QED) is 0.708. The third-order valence-corrected chi connectivity index (χ3v) is 3.19. The van der Waals surface area contributed by atoms with Crippen molar-refractivity contribution < 1.29 is 0 Å². The minimum Gasteiger partial charge on any atom is -0.301 e. The van der Waals surface area contributed by atoms with Gasteiger partial charge in [0.25, 0.3) is 0 Å². The molecule has 3 heteroatoms. The lowest BCUT2D eigenvalue weighted by molar-refractivity contribution is 0.335. The summed E-state index contributed by atoms with van der Waals surface area (Å²) >= 11 is 1.86. The van der Waals surface area contributed by atoms with E-state index in [0.717, 1.165) is 18.8 Å². The Morgan fingerprint density at radius 1 is 1.31 bits per heavy atom. The third-order valence-electron chi connectivity index (χ3n) is 2.29. The number of benzene rings is 1. The van der Waals surface area contributed by atoms with Crippen LogP contribution < -0.4 is 0 Å². The molecule has 1 aromatic carbocycles. The summed E-state index contributed by atoms with van der Waals surface area (Å²) in [6.45, 7) is 3.91. The van der Waals surface area contributed by atoms with Crippen LogP contribution in [0, 0.1) is 11.3 Å². The lowest BCUT2D eigenvalue weighted by Gasteiger charge is -2.14. The Morgan fingerprint density at radius 2 is 2.00 bits per heavy atom. The van der Waals surface area contributed by atoms with Crippen molar-refractivity contribution in [1.29, 1.82) is 5.26 Å². The molecule has 0 spiro atoms. The average Bonchev–Trinajstić information content (AvgIpc) is 2.29. The first-order valence-corrected chi connectivity index (χ1v) is 6.52. The largest absolute Gasteiger partial charge is 0.301 e. The van der Waals surface area contributed by atoms with Gasteiger partial charge in [-0.1, -0.05) is 19.1 Å². The molecule has 0 saturated heterocycles. The summed E-state index contributed by atoms with van der Waals surface area (Å²) in [5.74, 6) is 1.11. The van der Waals surface area contributed by atoms with Crippen molar-refractivity contribution >= 4 is 11.8 Å². The number of rotatable bonds is 6. The first kappa shape index (κ1) is 13.1. The molecule has 0 aliphatic rings. The highest BCUT2D eigenvalue weighted by Gasteiger charge is 2.00. The van der Waals surface area contributed by atoms with Crippen LogP contribution in [0.2, 0.25) is 0 Å². The molecule has 0 fully saturated rings. The van der Waals surface area contributed by atoms with Crippen LogP contribution in [0.5, 0.6) is 0 Å². The molecule has 0 saturated carbocycles. The molecule has 0 amide bonds. The standard InChI is InChI=1S/C13H18N2S/c1-3-16-13-7-5-12(6-8-13)11-15(2)10-4-9-14/h5-8H,3-4,10-11H2,1-2H3. The Bertz CT molecular complexity index is 340. The molecule has 0 unspecified atom stereocenters. The zero-order chi connectivity index (χ0) is 11.8. The molecular formula is C13H18N2S. The van der Waals surface area contributed by atoms with Gasteiger partial charge in [0.2, 0.25) is 0 Å². The summed E-state index contributed by atoms with van der Waals surface area (Å²) in [5, 5.41) is 8.50. The maximum atomic E-state index is 8.50. The van der Waals surface area contributed by atoms with Crippen molar-refractivity contribution in [1.82, 2.24) is 4.90 Å². The van der Waals surface area contributed by atoms with Gasteiger partial charge in [0.1, 0.15) is 0 Å². The van der Waals surface area contributed by atoms with Gasteiger partial charge in [0, 0.05) is 24.4 Å². The molecule has 0 N–H and O–H groups in total. The van der Waals surface area contributed by atoms with E-state index in [2.05, 4.69) is 42.2 Å². The maximum Gasteiger partial charge on any atom is 0.0635 e. The molecule has 16 heavy (non-hydrogen) atoms. The smallest absolute Gasteiger partial charge is 0.0635 e. The van der Waals surface area contributed by atoms with E-state index in [0.29, 0.717) is 6.42 Å². The van der Waals surface area contributed by atoms with Crippen LogP contribution in [-0.2, 0) is 6.54 Å². The molecule has 86 valence electrons. The second-order valence-electron chi connectivity index (χ2n) is 3.72. The van der Waals surface area contributed by atoms with E-state index in [-0.39, 0.29) is 0 Å². The molecule has 0 aliphatic carbocycles. The topological polar surface area (TPSA) is 27.0 Å². The highest BCUT2D eigenvalue weighted by atomic mass is 32.2. The van der Waals surface area contributed by atoms with Gasteiger partial charge in [-0.05, 0) is 30.5 Å². The fourth-order valence-electron chi connectivity index (χ4n) is 1.49. The van der Waals surface area contributed by atoms with Gasteiger partial charge >= 0.3 is 0 Å². The van der Waals surface area contributed by atoms with E-state index in [9.17, 15) is 0 Å². The van der Waals surface area contributed by atoms with Crippen molar-refractivity contribution in [2.75, 3.05) is 19.3 Å². The summed E-state index contributed by atoms with van der Waals surface area (Å²) in [6.07, 6.45) is 0.597. The second-order valence-corrected chi connectivity index (χ2v) is 5.06. The van der Waals surface area contributed by atoms with Gasteiger partial charge in [-0.2, -0.15) is 5.26 Å². The molecule has 0 bridgehead atoms. The second kappa shape index (κ2) is 7.32. The minimum absolute atomic E-state index is 0.597. The number of nitrogens with zero attached hydrogens (tertiary/aromatic N) is 2. The lowest BCUT2D eigenvalue weighted by Crippen LogP contribution is -2.18. The number of hydrogen-bond donors (Lipinski definition) is 0. The van der Waals surface area contributed by atoms with Crippen molar-refractivity contribution in [3.8, 4) is 6.07 Å². The molecule has 1 rings (SSSR count). The normalized spacial score (nSPS) is 10.4. The monoisotopic (exact) mass is 234 g/mol. The Kier molecular flexibility index (Phi) is 5.99. The number of thioether (sulfide) groups is 1. The van der Waals surface area contributed by atoms with Crippen molar-refractivity contribution in [2.45, 2.75) is 24.8 Å². The predicted molar refractivity (Wildman–Crippen MR) is 69.4 cm³/mol. The van der Waals surface area contributed by atoms with Crippen LogP contribution >= 0.6 is 11.8 Å². The zero-order valence-corrected chi connectivity index (χ0v) is 10.8. The van der Waals surface area contributed by atoms with E-state index < -0.39 is 0 Å². The molecule has 0 aromatic heterocycles. The van der Waals surface area contributed by atoms with E-state index >= 15 is 0 Å². The summed E-state index contributed by atoms with van der Waals surface area (Å²) in [5.41, 5.74) is 1.31. The van der Waals surface area contributed by atoms with Gasteiger partial charge in [-0.25, -0.2) is 0 Å². The summed E-state index contributed by atoms with van der Waals surface area (Å²) in [7, 11) is 2.05. The van der Waals surface area contributed by atoms with E-state index in [1.807, 2.05) is 18.8 Å². The highest BCUT2D eigenvalue weighted by Crippen LogP contribution is 2.18. The predicted octanol–water partition coefficient (Wildman–Crippen LogP) is 3.14. The van der Waals surface area contributed by atoms with Gasteiger partial charge in [-0.15, -0.1) is 11.8 Å². The van der Waals surface area contributed by atoms with E-state index in [4.69, 9.17) is 5.26 Å². The van der Waals surface area contributed by atoms with Crippen molar-refractivity contribution in [3.05, 3.63) is 29.8 Å². The molecule has 1 aromatic rings. The van der Waals surface area contributed by atoms with Crippen molar-refractivity contribution in [2.24, 2.45) is 0 Å². The maximum absolute atomic E-state index is 8.50. The van der Waals surface area contributed by atoms with Crippen molar-refractivity contribution in [3.63, 3.8) is 0 Å². The van der Waals surface area contributed by atoms with Gasteiger partial charge < -0.3 is 4.90 Å². The van der Waals surface area contributed by atoms with E-state index in [1.165, 1.54) is 10.5 Å². The fraction of sp³-hybridized carbons (Fsp3) is 0.462. The van der Waals surface area contributed by atoms with Crippen LogP contribution in [0.3, 0.4) is 0 Å². The summed E-state index contributed by atoms with van der Waals surface area (Å²) in [6, 6.07) is 10.8. The minimum atomic E-state index is 0.597. The Labute approximate surface area is 102 Å². The molecule has 0 radical (unpaired) electrons. The van der Waals surface area contributed by atoms with Crippen LogP contribution in [0.4, 0.5) is 0 Å². The fourth-order valence-corrected chi connectivity index (χ4v) is 2.15. The SMILES string of the molecule is CCSc1ccc(CN(C)CCC#N)cc1. The molecule has 2 nitrogen and oxygen atoms in total. The third kappa shape index (κ3) is 4.69. The van der Waals surface area contributed by atoms with Crippen LogP contribution in [0.1, 0.15) is 18.9 Å². The molecule has 0 heterocycles. The van der Waals surface area contributed by atoms with Crippen LogP contribution in [-0.4, -0.2) is 24.2 Å². The average molecular weight is 234 g/mol.